The Kier molecular flexibility index (Phi) is 3.11. The van der Waals surface area contributed by atoms with E-state index in [-0.39, 0.29) is 6.54 Å². The Morgan fingerprint density at radius 2 is 2.08 bits per heavy atom. The molecule has 0 aromatic carbocycles. The summed E-state index contributed by atoms with van der Waals surface area (Å²) in [5.41, 5.74) is 0. The Morgan fingerprint density at radius 1 is 1.46 bits per heavy atom. The molecule has 0 bridgehead atoms. The standard InChI is InChI=1S/C8H14N2O3/c1-5-2-6(5)3-9-8(13)10-4-7(11)12/h5-6H,2-4H2,1H3,(H,11,12)(H2,9,10,13). The van der Waals surface area contributed by atoms with Crippen molar-refractivity contribution in [3.8, 4) is 0 Å². The molecule has 1 fully saturated rings. The molecule has 13 heavy (non-hydrogen) atoms. The number of aliphatic carboxylic acids is 1. The summed E-state index contributed by atoms with van der Waals surface area (Å²) in [6.45, 7) is 2.44. The molecule has 0 aromatic rings. The van der Waals surface area contributed by atoms with Gasteiger partial charge in [-0.15, -0.1) is 0 Å². The lowest BCUT2D eigenvalue weighted by molar-refractivity contribution is -0.135. The van der Waals surface area contributed by atoms with E-state index in [4.69, 9.17) is 5.11 Å². The van der Waals surface area contributed by atoms with Crippen LogP contribution >= 0.6 is 0 Å². The maximum atomic E-state index is 10.9. The number of carbonyl (C=O) groups is 2. The van der Waals surface area contributed by atoms with Gasteiger partial charge < -0.3 is 15.7 Å². The van der Waals surface area contributed by atoms with Crippen molar-refractivity contribution in [3.63, 3.8) is 0 Å². The SMILES string of the molecule is CC1CC1CNC(=O)NCC(=O)O. The molecule has 2 amide bonds. The second-order valence-corrected chi connectivity index (χ2v) is 3.43. The topological polar surface area (TPSA) is 78.4 Å². The number of hydrogen-bond acceptors (Lipinski definition) is 2. The number of nitrogens with one attached hydrogen (secondary N) is 2. The largest absolute Gasteiger partial charge is 0.480 e. The van der Waals surface area contributed by atoms with Crippen molar-refractivity contribution in [2.75, 3.05) is 13.1 Å². The lowest BCUT2D eigenvalue weighted by Gasteiger charge is -2.04. The van der Waals surface area contributed by atoms with E-state index in [2.05, 4.69) is 17.6 Å². The predicted octanol–water partition coefficient (Wildman–Crippen LogP) is 0.0262. The minimum absolute atomic E-state index is 0.327. The van der Waals surface area contributed by atoms with E-state index < -0.39 is 12.0 Å². The van der Waals surface area contributed by atoms with Crippen molar-refractivity contribution in [2.45, 2.75) is 13.3 Å². The predicted molar refractivity (Wildman–Crippen MR) is 46.3 cm³/mol. The van der Waals surface area contributed by atoms with Gasteiger partial charge in [-0.25, -0.2) is 4.79 Å². The van der Waals surface area contributed by atoms with Crippen molar-refractivity contribution in [1.82, 2.24) is 10.6 Å². The first kappa shape index (κ1) is 9.83. The molecule has 0 aromatic heterocycles. The Balaban J connectivity index is 2.01. The van der Waals surface area contributed by atoms with Gasteiger partial charge in [-0.2, -0.15) is 0 Å². The number of carbonyl (C=O) groups excluding carboxylic acids is 1. The molecule has 0 spiro atoms. The van der Waals surface area contributed by atoms with E-state index in [1.165, 1.54) is 0 Å². The molecule has 1 aliphatic rings. The van der Waals surface area contributed by atoms with Gasteiger partial charge in [0.15, 0.2) is 0 Å². The zero-order valence-electron chi connectivity index (χ0n) is 7.54. The minimum atomic E-state index is -1.03. The molecule has 74 valence electrons. The lowest BCUT2D eigenvalue weighted by atomic mass is 10.3. The maximum absolute atomic E-state index is 10.9. The van der Waals surface area contributed by atoms with Crippen LogP contribution in [-0.2, 0) is 4.79 Å². The summed E-state index contributed by atoms with van der Waals surface area (Å²) in [5, 5.41) is 13.1. The summed E-state index contributed by atoms with van der Waals surface area (Å²) >= 11 is 0. The number of rotatable bonds is 4. The van der Waals surface area contributed by atoms with Crippen LogP contribution in [0.4, 0.5) is 4.79 Å². The van der Waals surface area contributed by atoms with Crippen molar-refractivity contribution < 1.29 is 14.7 Å². The molecule has 1 aliphatic carbocycles. The Hall–Kier alpha value is -1.26. The molecule has 3 N–H and O–H groups in total. The fourth-order valence-electron chi connectivity index (χ4n) is 1.13. The van der Waals surface area contributed by atoms with E-state index in [0.717, 1.165) is 6.42 Å². The van der Waals surface area contributed by atoms with Crippen LogP contribution < -0.4 is 10.6 Å². The van der Waals surface area contributed by atoms with Crippen molar-refractivity contribution in [1.29, 1.82) is 0 Å². The van der Waals surface area contributed by atoms with Gasteiger partial charge in [0.05, 0.1) is 0 Å². The number of carboxylic acids is 1. The molecule has 5 nitrogen and oxygen atoms in total. The van der Waals surface area contributed by atoms with Crippen molar-refractivity contribution in [2.24, 2.45) is 11.8 Å². The van der Waals surface area contributed by atoms with Crippen molar-refractivity contribution >= 4 is 12.0 Å². The van der Waals surface area contributed by atoms with Gasteiger partial charge in [0.1, 0.15) is 6.54 Å². The summed E-state index contributed by atoms with van der Waals surface area (Å²) in [7, 11) is 0. The van der Waals surface area contributed by atoms with Gasteiger partial charge >= 0.3 is 12.0 Å². The van der Waals surface area contributed by atoms with Gasteiger partial charge in [0, 0.05) is 6.54 Å². The number of carboxylic acid groups (broad SMARTS) is 1. The molecule has 0 aliphatic heterocycles. The van der Waals surface area contributed by atoms with Crippen LogP contribution in [0.1, 0.15) is 13.3 Å². The van der Waals surface area contributed by atoms with E-state index in [0.29, 0.717) is 18.4 Å². The summed E-state index contributed by atoms with van der Waals surface area (Å²) in [6, 6.07) is -0.401. The molecule has 0 saturated heterocycles. The van der Waals surface area contributed by atoms with Crippen LogP contribution in [0.3, 0.4) is 0 Å². The minimum Gasteiger partial charge on any atom is -0.480 e. The average Bonchev–Trinajstić information content (AvgIpc) is 2.75. The molecule has 5 heteroatoms. The maximum Gasteiger partial charge on any atom is 0.323 e. The second-order valence-electron chi connectivity index (χ2n) is 3.43. The summed E-state index contributed by atoms with van der Waals surface area (Å²) in [5.74, 6) is 0.241. The van der Waals surface area contributed by atoms with Crippen LogP contribution in [0.15, 0.2) is 0 Å². The van der Waals surface area contributed by atoms with Crippen LogP contribution in [-0.4, -0.2) is 30.2 Å². The molecule has 0 heterocycles. The fraction of sp³-hybridized carbons (Fsp3) is 0.750. The van der Waals surface area contributed by atoms with Crippen LogP contribution in [0, 0.1) is 11.8 Å². The highest BCUT2D eigenvalue weighted by Gasteiger charge is 2.32. The third kappa shape index (κ3) is 3.78. The highest BCUT2D eigenvalue weighted by Crippen LogP contribution is 2.36. The highest BCUT2D eigenvalue weighted by atomic mass is 16.4. The van der Waals surface area contributed by atoms with Crippen molar-refractivity contribution in [3.05, 3.63) is 0 Å². The first-order chi connectivity index (χ1) is 6.09. The smallest absolute Gasteiger partial charge is 0.323 e. The van der Waals surface area contributed by atoms with E-state index in [1.807, 2.05) is 0 Å². The highest BCUT2D eigenvalue weighted by molar-refractivity contribution is 5.79. The van der Waals surface area contributed by atoms with Crippen LogP contribution in [0.25, 0.3) is 0 Å². The summed E-state index contributed by atoms with van der Waals surface area (Å²) in [4.78, 5) is 21.0. The summed E-state index contributed by atoms with van der Waals surface area (Å²) < 4.78 is 0. The lowest BCUT2D eigenvalue weighted by Crippen LogP contribution is -2.39. The van der Waals surface area contributed by atoms with Crippen LogP contribution in [0.5, 0.6) is 0 Å². The van der Waals surface area contributed by atoms with Gasteiger partial charge in [0.25, 0.3) is 0 Å². The third-order valence-electron chi connectivity index (χ3n) is 2.20. The third-order valence-corrected chi connectivity index (χ3v) is 2.20. The van der Waals surface area contributed by atoms with E-state index in [9.17, 15) is 9.59 Å². The second kappa shape index (κ2) is 4.11. The molecule has 2 unspecified atom stereocenters. The monoisotopic (exact) mass is 186 g/mol. The zero-order valence-corrected chi connectivity index (χ0v) is 7.54. The molecule has 0 radical (unpaired) electrons. The average molecular weight is 186 g/mol. The van der Waals surface area contributed by atoms with E-state index in [1.54, 1.807) is 0 Å². The Morgan fingerprint density at radius 3 is 2.54 bits per heavy atom. The van der Waals surface area contributed by atoms with Gasteiger partial charge in [-0.1, -0.05) is 6.92 Å². The van der Waals surface area contributed by atoms with Crippen LogP contribution in [0.2, 0.25) is 0 Å². The van der Waals surface area contributed by atoms with Gasteiger partial charge in [-0.05, 0) is 18.3 Å². The molecule has 2 atom stereocenters. The molecular formula is C8H14N2O3. The molecule has 1 rings (SSSR count). The quantitative estimate of drug-likeness (QED) is 0.579. The van der Waals surface area contributed by atoms with E-state index >= 15 is 0 Å². The first-order valence-electron chi connectivity index (χ1n) is 4.33. The van der Waals surface area contributed by atoms with Gasteiger partial charge in [-0.3, -0.25) is 4.79 Å². The number of amides is 2. The molecule has 1 saturated carbocycles. The zero-order chi connectivity index (χ0) is 9.84. The molecular weight excluding hydrogens is 172 g/mol. The van der Waals surface area contributed by atoms with Gasteiger partial charge in [0.2, 0.25) is 0 Å². The summed E-state index contributed by atoms with van der Waals surface area (Å²) in [6.07, 6.45) is 1.15. The number of hydrogen-bond donors (Lipinski definition) is 3. The fourth-order valence-corrected chi connectivity index (χ4v) is 1.13. The Bertz CT molecular complexity index is 217. The first-order valence-corrected chi connectivity index (χ1v) is 4.33. The Labute approximate surface area is 76.5 Å². The number of urea groups is 1. The normalized spacial score (nSPS) is 25.0.